The lowest BCUT2D eigenvalue weighted by atomic mass is 9.89. The summed E-state index contributed by atoms with van der Waals surface area (Å²) in [5, 5.41) is 3.75. The molecule has 3 rings (SSSR count). The van der Waals surface area contributed by atoms with Gasteiger partial charge in [0.05, 0.1) is 0 Å². The van der Waals surface area contributed by atoms with Crippen molar-refractivity contribution >= 4 is 23.4 Å². The first kappa shape index (κ1) is 25.9. The molecule has 4 nitrogen and oxygen atoms in total. The fraction of sp³-hybridized carbons (Fsp3) is 0.481. The van der Waals surface area contributed by atoms with Gasteiger partial charge in [0.15, 0.2) is 0 Å². The number of halogens is 1. The third-order valence-corrected chi connectivity index (χ3v) is 6.36. The minimum atomic E-state index is -0.462. The summed E-state index contributed by atoms with van der Waals surface area (Å²) in [4.78, 5) is 27.6. The minimum absolute atomic E-state index is 0. The molecule has 1 saturated heterocycles. The van der Waals surface area contributed by atoms with Crippen LogP contribution in [0, 0.1) is 5.92 Å². The lowest BCUT2D eigenvalue weighted by molar-refractivity contribution is -0.138. The van der Waals surface area contributed by atoms with E-state index in [0.29, 0.717) is 12.3 Å². The average molecular weight is 457 g/mol. The highest BCUT2D eigenvalue weighted by Gasteiger charge is 2.31. The van der Waals surface area contributed by atoms with Crippen LogP contribution in [-0.2, 0) is 16.0 Å². The number of benzene rings is 2. The van der Waals surface area contributed by atoms with Gasteiger partial charge in [-0.15, -0.1) is 0 Å². The Morgan fingerprint density at radius 3 is 2.25 bits per heavy atom. The van der Waals surface area contributed by atoms with Gasteiger partial charge in [0.2, 0.25) is 11.8 Å². The SMILES string of the molecule is C.CC(C)[C@@H](NC(=O)CCCc1ccccc1)C(=O)N1CCC(c2ccc(Cl)cc2)CC1. The molecule has 2 aromatic rings. The molecule has 0 aromatic heterocycles. The Balaban J connectivity index is 0.00000363. The third-order valence-electron chi connectivity index (χ3n) is 6.11. The van der Waals surface area contributed by atoms with Crippen molar-refractivity contribution in [2.75, 3.05) is 13.1 Å². The van der Waals surface area contributed by atoms with Crippen molar-refractivity contribution in [2.24, 2.45) is 5.92 Å². The number of hydrogen-bond acceptors (Lipinski definition) is 2. The molecular weight excluding hydrogens is 420 g/mol. The molecule has 1 N–H and O–H groups in total. The van der Waals surface area contributed by atoms with Gasteiger partial charge in [0, 0.05) is 24.5 Å². The number of nitrogens with zero attached hydrogens (tertiary/aromatic N) is 1. The second kappa shape index (κ2) is 12.6. The molecule has 1 fully saturated rings. The summed E-state index contributed by atoms with van der Waals surface area (Å²) in [6.07, 6.45) is 3.95. The van der Waals surface area contributed by atoms with E-state index in [0.717, 1.165) is 43.8 Å². The second-order valence-electron chi connectivity index (χ2n) is 8.78. The summed E-state index contributed by atoms with van der Waals surface area (Å²) in [6, 6.07) is 17.7. The summed E-state index contributed by atoms with van der Waals surface area (Å²) in [5.41, 5.74) is 2.51. The van der Waals surface area contributed by atoms with Gasteiger partial charge in [-0.2, -0.15) is 0 Å². The molecule has 1 atom stereocenters. The van der Waals surface area contributed by atoms with Crippen LogP contribution in [0.25, 0.3) is 0 Å². The van der Waals surface area contributed by atoms with Gasteiger partial charge < -0.3 is 10.2 Å². The number of nitrogens with one attached hydrogen (secondary N) is 1. The number of hydrogen-bond donors (Lipinski definition) is 1. The van der Waals surface area contributed by atoms with Crippen LogP contribution in [0.4, 0.5) is 0 Å². The first-order chi connectivity index (χ1) is 14.9. The quantitative estimate of drug-likeness (QED) is 0.542. The topological polar surface area (TPSA) is 49.4 Å². The van der Waals surface area contributed by atoms with Crippen molar-refractivity contribution in [1.82, 2.24) is 10.2 Å². The van der Waals surface area contributed by atoms with Crippen LogP contribution in [0.2, 0.25) is 5.02 Å². The van der Waals surface area contributed by atoms with Crippen molar-refractivity contribution < 1.29 is 9.59 Å². The van der Waals surface area contributed by atoms with Crippen LogP contribution in [0.5, 0.6) is 0 Å². The maximum absolute atomic E-state index is 13.2. The molecular formula is C27H37ClN2O2. The smallest absolute Gasteiger partial charge is 0.245 e. The predicted molar refractivity (Wildman–Crippen MR) is 133 cm³/mol. The van der Waals surface area contributed by atoms with Crippen LogP contribution < -0.4 is 5.32 Å². The largest absolute Gasteiger partial charge is 0.344 e. The van der Waals surface area contributed by atoms with Crippen LogP contribution in [-0.4, -0.2) is 35.8 Å². The molecule has 0 aliphatic carbocycles. The van der Waals surface area contributed by atoms with E-state index in [2.05, 4.69) is 29.6 Å². The number of likely N-dealkylation sites (tertiary alicyclic amines) is 1. The molecule has 0 unspecified atom stereocenters. The fourth-order valence-corrected chi connectivity index (χ4v) is 4.35. The second-order valence-corrected chi connectivity index (χ2v) is 9.22. The van der Waals surface area contributed by atoms with Gasteiger partial charge in [-0.05, 0) is 60.8 Å². The highest BCUT2D eigenvalue weighted by atomic mass is 35.5. The fourth-order valence-electron chi connectivity index (χ4n) is 4.22. The first-order valence-electron chi connectivity index (χ1n) is 11.3. The molecule has 1 aliphatic rings. The van der Waals surface area contributed by atoms with Crippen molar-refractivity contribution in [3.8, 4) is 0 Å². The Morgan fingerprint density at radius 2 is 1.66 bits per heavy atom. The Hall–Kier alpha value is -2.33. The summed E-state index contributed by atoms with van der Waals surface area (Å²) >= 11 is 6.00. The van der Waals surface area contributed by atoms with E-state index >= 15 is 0 Å². The van der Waals surface area contributed by atoms with E-state index < -0.39 is 6.04 Å². The number of piperidine rings is 1. The third kappa shape index (κ3) is 7.37. The molecule has 174 valence electrons. The van der Waals surface area contributed by atoms with E-state index in [1.807, 2.05) is 49.1 Å². The number of carbonyl (C=O) groups is 2. The van der Waals surface area contributed by atoms with Gasteiger partial charge in [0.25, 0.3) is 0 Å². The summed E-state index contributed by atoms with van der Waals surface area (Å²) < 4.78 is 0. The summed E-state index contributed by atoms with van der Waals surface area (Å²) in [5.74, 6) is 0.506. The zero-order valence-corrected chi connectivity index (χ0v) is 19.3. The molecule has 0 saturated carbocycles. The zero-order chi connectivity index (χ0) is 22.2. The van der Waals surface area contributed by atoms with E-state index in [1.54, 1.807) is 0 Å². The molecule has 2 aromatic carbocycles. The number of aryl methyl sites for hydroxylation is 1. The standard InChI is InChI=1S/C26H33ClN2O2.CH4/c1-19(2)25(28-24(30)10-6-9-20-7-4-3-5-8-20)26(31)29-17-15-22(16-18-29)21-11-13-23(27)14-12-21;/h3-5,7-8,11-14,19,22,25H,6,9-10,15-18H2,1-2H3,(H,28,30);1H4/t25-;/m1./s1. The Kier molecular flexibility index (Phi) is 10.2. The maximum Gasteiger partial charge on any atom is 0.245 e. The monoisotopic (exact) mass is 456 g/mol. The number of carbonyl (C=O) groups excluding carboxylic acids is 2. The van der Waals surface area contributed by atoms with E-state index in [9.17, 15) is 9.59 Å². The van der Waals surface area contributed by atoms with Gasteiger partial charge >= 0.3 is 0 Å². The Morgan fingerprint density at radius 1 is 1.03 bits per heavy atom. The normalized spacial score (nSPS) is 15.2. The van der Waals surface area contributed by atoms with Crippen LogP contribution in [0.1, 0.15) is 64.0 Å². The van der Waals surface area contributed by atoms with Crippen LogP contribution in [0.3, 0.4) is 0 Å². The van der Waals surface area contributed by atoms with Gasteiger partial charge in [-0.1, -0.05) is 75.3 Å². The molecule has 1 heterocycles. The molecule has 32 heavy (non-hydrogen) atoms. The van der Waals surface area contributed by atoms with Crippen molar-refractivity contribution in [3.63, 3.8) is 0 Å². The molecule has 2 amide bonds. The molecule has 0 radical (unpaired) electrons. The molecule has 5 heteroatoms. The summed E-state index contributed by atoms with van der Waals surface area (Å²) in [6.45, 7) is 5.43. The van der Waals surface area contributed by atoms with Crippen molar-refractivity contribution in [3.05, 3.63) is 70.7 Å². The molecule has 1 aliphatic heterocycles. The van der Waals surface area contributed by atoms with Crippen LogP contribution in [0.15, 0.2) is 54.6 Å². The predicted octanol–water partition coefficient (Wildman–Crippen LogP) is 5.85. The van der Waals surface area contributed by atoms with Crippen molar-refractivity contribution in [2.45, 2.75) is 65.3 Å². The Bertz CT molecular complexity index is 844. The number of rotatable bonds is 8. The van der Waals surface area contributed by atoms with Gasteiger partial charge in [0.1, 0.15) is 6.04 Å². The lowest BCUT2D eigenvalue weighted by Crippen LogP contribution is -2.52. The highest BCUT2D eigenvalue weighted by molar-refractivity contribution is 6.30. The van der Waals surface area contributed by atoms with E-state index in [4.69, 9.17) is 11.6 Å². The van der Waals surface area contributed by atoms with Crippen LogP contribution >= 0.6 is 11.6 Å². The van der Waals surface area contributed by atoms with Gasteiger partial charge in [-0.25, -0.2) is 0 Å². The maximum atomic E-state index is 13.2. The van der Waals surface area contributed by atoms with E-state index in [1.165, 1.54) is 11.1 Å². The molecule has 0 bridgehead atoms. The van der Waals surface area contributed by atoms with E-state index in [-0.39, 0.29) is 25.2 Å². The van der Waals surface area contributed by atoms with Gasteiger partial charge in [-0.3, -0.25) is 9.59 Å². The summed E-state index contributed by atoms with van der Waals surface area (Å²) in [7, 11) is 0. The highest BCUT2D eigenvalue weighted by Crippen LogP contribution is 2.29. The minimum Gasteiger partial charge on any atom is -0.344 e. The average Bonchev–Trinajstić information content (AvgIpc) is 2.78. The molecule has 0 spiro atoms. The Labute approximate surface area is 198 Å². The first-order valence-corrected chi connectivity index (χ1v) is 11.7. The lowest BCUT2D eigenvalue weighted by Gasteiger charge is -2.35. The number of amides is 2. The van der Waals surface area contributed by atoms with Crippen molar-refractivity contribution in [1.29, 1.82) is 0 Å². The zero-order valence-electron chi connectivity index (χ0n) is 18.5.